The summed E-state index contributed by atoms with van der Waals surface area (Å²) >= 11 is 0. The van der Waals surface area contributed by atoms with Gasteiger partial charge < -0.3 is 10.1 Å². The Morgan fingerprint density at radius 2 is 2.24 bits per heavy atom. The first-order chi connectivity index (χ1) is 8.23. The molecule has 4 nitrogen and oxygen atoms in total. The molecule has 1 heterocycles. The minimum absolute atomic E-state index is 0.0516. The molecule has 0 aromatic heterocycles. The zero-order valence-electron chi connectivity index (χ0n) is 9.32. The van der Waals surface area contributed by atoms with Crippen molar-refractivity contribution in [3.8, 4) is 11.8 Å². The molecule has 1 aliphatic heterocycles. The normalized spacial score (nSPS) is 20.3. The molecule has 1 amide bonds. The molecule has 4 heteroatoms. The molecule has 0 unspecified atom stereocenters. The quantitative estimate of drug-likeness (QED) is 0.799. The van der Waals surface area contributed by atoms with E-state index < -0.39 is 0 Å². The average molecular weight is 228 g/mol. The van der Waals surface area contributed by atoms with Gasteiger partial charge in [0.25, 0.3) is 5.91 Å². The van der Waals surface area contributed by atoms with Crippen LogP contribution in [0.1, 0.15) is 24.8 Å². The lowest BCUT2D eigenvalue weighted by Gasteiger charge is -2.36. The van der Waals surface area contributed by atoms with Crippen molar-refractivity contribution in [2.75, 3.05) is 11.9 Å². The van der Waals surface area contributed by atoms with Crippen LogP contribution in [0.25, 0.3) is 0 Å². The number of nitriles is 1. The Labute approximate surface area is 99.2 Å². The molecule has 17 heavy (non-hydrogen) atoms. The van der Waals surface area contributed by atoms with Crippen LogP contribution in [-0.4, -0.2) is 12.5 Å². The minimum atomic E-state index is -0.333. The van der Waals surface area contributed by atoms with Crippen molar-refractivity contribution in [1.29, 1.82) is 5.26 Å². The van der Waals surface area contributed by atoms with Gasteiger partial charge in [-0.1, -0.05) is 6.07 Å². The van der Waals surface area contributed by atoms with Crippen molar-refractivity contribution in [3.05, 3.63) is 23.8 Å². The zero-order chi connectivity index (χ0) is 11.9. The van der Waals surface area contributed by atoms with E-state index in [4.69, 9.17) is 4.74 Å². The summed E-state index contributed by atoms with van der Waals surface area (Å²) in [5.74, 6) is 0.535. The molecule has 0 saturated heterocycles. The fraction of sp³-hybridized carbons (Fsp3) is 0.385. The van der Waals surface area contributed by atoms with Gasteiger partial charge in [-0.25, -0.2) is 0 Å². The maximum absolute atomic E-state index is 11.1. The Balaban J connectivity index is 1.99. The second-order valence-corrected chi connectivity index (χ2v) is 4.60. The fourth-order valence-electron chi connectivity index (χ4n) is 2.37. The van der Waals surface area contributed by atoms with E-state index in [9.17, 15) is 10.1 Å². The highest BCUT2D eigenvalue weighted by molar-refractivity contribution is 5.95. The number of carbonyl (C=O) groups is 1. The summed E-state index contributed by atoms with van der Waals surface area (Å²) in [4.78, 5) is 11.1. The van der Waals surface area contributed by atoms with Gasteiger partial charge in [-0.15, -0.1) is 0 Å². The molecule has 0 atom stereocenters. The van der Waals surface area contributed by atoms with Crippen molar-refractivity contribution in [1.82, 2.24) is 0 Å². The lowest BCUT2D eigenvalue weighted by molar-refractivity contribution is -0.118. The summed E-state index contributed by atoms with van der Waals surface area (Å²) < 4.78 is 5.36. The largest absolute Gasteiger partial charge is 0.482 e. The number of amides is 1. The van der Waals surface area contributed by atoms with E-state index in [0.717, 1.165) is 24.8 Å². The van der Waals surface area contributed by atoms with Crippen molar-refractivity contribution < 1.29 is 9.53 Å². The van der Waals surface area contributed by atoms with Gasteiger partial charge >= 0.3 is 0 Å². The number of rotatable bonds is 1. The second-order valence-electron chi connectivity index (χ2n) is 4.60. The molecule has 1 saturated carbocycles. The highest BCUT2D eigenvalue weighted by Gasteiger charge is 2.39. The van der Waals surface area contributed by atoms with Gasteiger partial charge in [0, 0.05) is 0 Å². The Bertz CT molecular complexity index is 527. The number of fused-ring (bicyclic) bond motifs is 1. The average Bonchev–Trinajstić information content (AvgIpc) is 2.28. The van der Waals surface area contributed by atoms with Crippen LogP contribution in [-0.2, 0) is 10.2 Å². The third kappa shape index (κ3) is 1.47. The van der Waals surface area contributed by atoms with Crippen LogP contribution in [0.15, 0.2) is 18.2 Å². The molecule has 3 rings (SSSR count). The summed E-state index contributed by atoms with van der Waals surface area (Å²) in [5.41, 5.74) is 1.36. The lowest BCUT2D eigenvalue weighted by Crippen LogP contribution is -2.33. The fourth-order valence-corrected chi connectivity index (χ4v) is 2.37. The van der Waals surface area contributed by atoms with Crippen LogP contribution in [0, 0.1) is 11.3 Å². The SMILES string of the molecule is N#CC1(c2ccc3c(c2)OCC(=O)N3)CCC1. The monoisotopic (exact) mass is 228 g/mol. The first kappa shape index (κ1) is 10.2. The smallest absolute Gasteiger partial charge is 0.262 e. The zero-order valence-corrected chi connectivity index (χ0v) is 9.32. The van der Waals surface area contributed by atoms with Gasteiger partial charge in [0.05, 0.1) is 17.2 Å². The number of ether oxygens (including phenoxy) is 1. The van der Waals surface area contributed by atoms with Gasteiger partial charge in [0.2, 0.25) is 0 Å². The maximum atomic E-state index is 11.1. The van der Waals surface area contributed by atoms with Crippen LogP contribution in [0.4, 0.5) is 5.69 Å². The summed E-state index contributed by atoms with van der Waals surface area (Å²) in [6.45, 7) is 0.0516. The molecule has 0 spiro atoms. The molecule has 2 aliphatic rings. The van der Waals surface area contributed by atoms with Crippen LogP contribution in [0.3, 0.4) is 0 Å². The summed E-state index contributed by atoms with van der Waals surface area (Å²) in [5, 5.41) is 12.0. The number of nitrogens with zero attached hydrogens (tertiary/aromatic N) is 1. The van der Waals surface area contributed by atoms with Crippen LogP contribution >= 0.6 is 0 Å². The second kappa shape index (κ2) is 3.49. The molecule has 1 aromatic rings. The van der Waals surface area contributed by atoms with Gasteiger partial charge in [0.1, 0.15) is 5.75 Å². The topological polar surface area (TPSA) is 62.1 Å². The number of benzene rings is 1. The standard InChI is InChI=1S/C13H12N2O2/c14-8-13(4-1-5-13)9-2-3-10-11(6-9)17-7-12(16)15-10/h2-3,6H,1,4-5,7H2,(H,15,16). The van der Waals surface area contributed by atoms with Crippen molar-refractivity contribution in [3.63, 3.8) is 0 Å². The summed E-state index contributed by atoms with van der Waals surface area (Å²) in [6.07, 6.45) is 2.92. The number of nitrogens with one attached hydrogen (secondary N) is 1. The van der Waals surface area contributed by atoms with E-state index >= 15 is 0 Å². The number of carbonyl (C=O) groups excluding carboxylic acids is 1. The predicted octanol–water partition coefficient (Wildman–Crippen LogP) is 1.96. The van der Waals surface area contributed by atoms with Crippen LogP contribution < -0.4 is 10.1 Å². The van der Waals surface area contributed by atoms with E-state index in [2.05, 4.69) is 11.4 Å². The highest BCUT2D eigenvalue weighted by Crippen LogP contribution is 2.45. The van der Waals surface area contributed by atoms with E-state index in [0.29, 0.717) is 11.4 Å². The molecule has 0 bridgehead atoms. The van der Waals surface area contributed by atoms with E-state index in [1.165, 1.54) is 0 Å². The number of hydrogen-bond acceptors (Lipinski definition) is 3. The summed E-state index contributed by atoms with van der Waals surface area (Å²) in [7, 11) is 0. The molecular formula is C13H12N2O2. The number of anilines is 1. The Morgan fingerprint density at radius 1 is 1.41 bits per heavy atom. The molecular weight excluding hydrogens is 216 g/mol. The van der Waals surface area contributed by atoms with Gasteiger partial charge in [-0.2, -0.15) is 5.26 Å². The molecule has 0 radical (unpaired) electrons. The van der Waals surface area contributed by atoms with Gasteiger partial charge in [-0.3, -0.25) is 4.79 Å². The third-order valence-corrected chi connectivity index (χ3v) is 3.59. The van der Waals surface area contributed by atoms with Crippen LogP contribution in [0.5, 0.6) is 5.75 Å². The van der Waals surface area contributed by atoms with Crippen LogP contribution in [0.2, 0.25) is 0 Å². The number of hydrogen-bond donors (Lipinski definition) is 1. The predicted molar refractivity (Wildman–Crippen MR) is 61.7 cm³/mol. The minimum Gasteiger partial charge on any atom is -0.482 e. The summed E-state index contributed by atoms with van der Waals surface area (Å²) in [6, 6.07) is 8.02. The molecule has 1 N–H and O–H groups in total. The van der Waals surface area contributed by atoms with Gasteiger partial charge in [0.15, 0.2) is 6.61 Å². The maximum Gasteiger partial charge on any atom is 0.262 e. The van der Waals surface area contributed by atoms with E-state index in [1.54, 1.807) is 0 Å². The molecule has 1 aromatic carbocycles. The molecule has 86 valence electrons. The van der Waals surface area contributed by atoms with Gasteiger partial charge in [-0.05, 0) is 37.0 Å². The van der Waals surface area contributed by atoms with Crippen molar-refractivity contribution in [2.45, 2.75) is 24.7 Å². The lowest BCUT2D eigenvalue weighted by atomic mass is 9.65. The Hall–Kier alpha value is -2.02. The highest BCUT2D eigenvalue weighted by atomic mass is 16.5. The van der Waals surface area contributed by atoms with Crippen molar-refractivity contribution >= 4 is 11.6 Å². The Morgan fingerprint density at radius 3 is 2.88 bits per heavy atom. The van der Waals surface area contributed by atoms with E-state index in [-0.39, 0.29) is 17.9 Å². The van der Waals surface area contributed by atoms with E-state index in [1.807, 2.05) is 18.2 Å². The molecule has 1 aliphatic carbocycles. The molecule has 1 fully saturated rings. The first-order valence-corrected chi connectivity index (χ1v) is 5.72. The third-order valence-electron chi connectivity index (χ3n) is 3.59. The van der Waals surface area contributed by atoms with Crippen molar-refractivity contribution in [2.24, 2.45) is 0 Å². The Kier molecular flexibility index (Phi) is 2.08. The first-order valence-electron chi connectivity index (χ1n) is 5.72.